The molecule has 1 N–H and O–H groups in total. The number of hydrogen-bond donors (Lipinski definition) is 1. The fraction of sp³-hybridized carbons (Fsp3) is 0.500. The molecule has 0 radical (unpaired) electrons. The highest BCUT2D eigenvalue weighted by molar-refractivity contribution is 9.10. The van der Waals surface area contributed by atoms with E-state index in [9.17, 15) is 14.3 Å². The van der Waals surface area contributed by atoms with Crippen LogP contribution >= 0.6 is 15.9 Å². The zero-order chi connectivity index (χ0) is 14.7. The van der Waals surface area contributed by atoms with Gasteiger partial charge < -0.3 is 14.7 Å². The van der Waals surface area contributed by atoms with Crippen LogP contribution in [0, 0.1) is 11.7 Å². The number of halogens is 2. The third-order valence-corrected chi connectivity index (χ3v) is 4.14. The molecule has 0 saturated carbocycles. The molecular weight excluding hydrogens is 329 g/mol. The summed E-state index contributed by atoms with van der Waals surface area (Å²) in [4.78, 5) is 13.6. The molecule has 6 heteroatoms. The minimum Gasteiger partial charge on any atom is -0.483 e. The lowest BCUT2D eigenvalue weighted by molar-refractivity contribution is -0.137. The number of β-amino-alcohol motifs (C(OH)–C–C–N with tert-alkyl or cyclic N) is 1. The number of carbonyl (C=O) groups is 1. The SMILES string of the molecule is CC1CCN(C(=O)COc2ccc(F)cc2Br)CC1O. The number of hydrogen-bond acceptors (Lipinski definition) is 3. The monoisotopic (exact) mass is 345 g/mol. The molecule has 2 rings (SSSR count). The Kier molecular flexibility index (Phi) is 4.99. The Morgan fingerprint density at radius 2 is 2.35 bits per heavy atom. The predicted molar refractivity (Wildman–Crippen MR) is 76.0 cm³/mol. The van der Waals surface area contributed by atoms with Gasteiger partial charge in [0.15, 0.2) is 6.61 Å². The summed E-state index contributed by atoms with van der Waals surface area (Å²) in [7, 11) is 0. The summed E-state index contributed by atoms with van der Waals surface area (Å²) in [5.74, 6) is 0.0905. The molecular formula is C14H17BrFNO3. The predicted octanol–water partition coefficient (Wildman–Crippen LogP) is 2.20. The lowest BCUT2D eigenvalue weighted by atomic mass is 9.96. The molecule has 1 saturated heterocycles. The number of carbonyl (C=O) groups excluding carboxylic acids is 1. The van der Waals surface area contributed by atoms with Gasteiger partial charge in [-0.2, -0.15) is 0 Å². The smallest absolute Gasteiger partial charge is 0.260 e. The third-order valence-electron chi connectivity index (χ3n) is 3.52. The number of benzene rings is 1. The first-order valence-corrected chi connectivity index (χ1v) is 7.30. The van der Waals surface area contributed by atoms with Gasteiger partial charge in [-0.3, -0.25) is 4.79 Å². The second-order valence-corrected chi connectivity index (χ2v) is 5.89. The molecule has 0 aliphatic carbocycles. The summed E-state index contributed by atoms with van der Waals surface area (Å²) in [5.41, 5.74) is 0. The van der Waals surface area contributed by atoms with Gasteiger partial charge in [-0.15, -0.1) is 0 Å². The summed E-state index contributed by atoms with van der Waals surface area (Å²) in [6, 6.07) is 4.03. The number of piperidine rings is 1. The van der Waals surface area contributed by atoms with Crippen LogP contribution in [-0.2, 0) is 4.79 Å². The topological polar surface area (TPSA) is 49.8 Å². The van der Waals surface area contributed by atoms with Crippen molar-refractivity contribution < 1.29 is 19.0 Å². The van der Waals surface area contributed by atoms with Gasteiger partial charge in [0.25, 0.3) is 5.91 Å². The molecule has 1 aliphatic rings. The maximum Gasteiger partial charge on any atom is 0.260 e. The Morgan fingerprint density at radius 3 is 3.00 bits per heavy atom. The summed E-state index contributed by atoms with van der Waals surface area (Å²) in [6.07, 6.45) is 0.304. The minimum absolute atomic E-state index is 0.120. The highest BCUT2D eigenvalue weighted by Gasteiger charge is 2.27. The molecule has 2 unspecified atom stereocenters. The molecule has 0 spiro atoms. The molecule has 0 bridgehead atoms. The van der Waals surface area contributed by atoms with Gasteiger partial charge in [0.2, 0.25) is 0 Å². The van der Waals surface area contributed by atoms with Crippen LogP contribution in [0.3, 0.4) is 0 Å². The Labute approximate surface area is 125 Å². The highest BCUT2D eigenvalue weighted by atomic mass is 79.9. The zero-order valence-electron chi connectivity index (χ0n) is 11.2. The average molecular weight is 346 g/mol. The summed E-state index contributed by atoms with van der Waals surface area (Å²) >= 11 is 3.18. The number of amides is 1. The third kappa shape index (κ3) is 3.70. The van der Waals surface area contributed by atoms with Crippen molar-refractivity contribution in [2.24, 2.45) is 5.92 Å². The molecule has 1 aliphatic heterocycles. The second kappa shape index (κ2) is 6.54. The van der Waals surface area contributed by atoms with Crippen LogP contribution in [0.25, 0.3) is 0 Å². The molecule has 110 valence electrons. The number of rotatable bonds is 3. The van der Waals surface area contributed by atoms with Crippen molar-refractivity contribution >= 4 is 21.8 Å². The van der Waals surface area contributed by atoms with E-state index in [2.05, 4.69) is 15.9 Å². The van der Waals surface area contributed by atoms with Crippen LogP contribution in [0.1, 0.15) is 13.3 Å². The molecule has 2 atom stereocenters. The minimum atomic E-state index is -0.481. The van der Waals surface area contributed by atoms with Crippen molar-refractivity contribution in [1.82, 2.24) is 4.90 Å². The fourth-order valence-corrected chi connectivity index (χ4v) is 2.56. The van der Waals surface area contributed by atoms with Crippen molar-refractivity contribution in [2.75, 3.05) is 19.7 Å². The first-order chi connectivity index (χ1) is 9.47. The van der Waals surface area contributed by atoms with E-state index in [1.807, 2.05) is 6.92 Å². The van der Waals surface area contributed by atoms with Crippen LogP contribution in [-0.4, -0.2) is 41.7 Å². The number of likely N-dealkylation sites (tertiary alicyclic amines) is 1. The molecule has 1 fully saturated rings. The molecule has 4 nitrogen and oxygen atoms in total. The van der Waals surface area contributed by atoms with E-state index in [-0.39, 0.29) is 24.2 Å². The fourth-order valence-electron chi connectivity index (χ4n) is 2.10. The van der Waals surface area contributed by atoms with Gasteiger partial charge in [-0.1, -0.05) is 6.92 Å². The van der Waals surface area contributed by atoms with Gasteiger partial charge in [0.05, 0.1) is 10.6 Å². The molecule has 1 heterocycles. The van der Waals surface area contributed by atoms with Crippen LogP contribution in [0.5, 0.6) is 5.75 Å². The van der Waals surface area contributed by atoms with E-state index in [4.69, 9.17) is 4.74 Å². The Bertz CT molecular complexity index is 497. The maximum atomic E-state index is 12.9. The Hall–Kier alpha value is -1.14. The van der Waals surface area contributed by atoms with Gasteiger partial charge in [0, 0.05) is 13.1 Å². The summed E-state index contributed by atoms with van der Waals surface area (Å²) < 4.78 is 18.8. The second-order valence-electron chi connectivity index (χ2n) is 5.04. The quantitative estimate of drug-likeness (QED) is 0.913. The van der Waals surface area contributed by atoms with Crippen molar-refractivity contribution in [1.29, 1.82) is 0 Å². The molecule has 0 aromatic heterocycles. The zero-order valence-corrected chi connectivity index (χ0v) is 12.8. The summed E-state index contributed by atoms with van der Waals surface area (Å²) in [6.45, 7) is 2.82. The number of aliphatic hydroxyl groups is 1. The van der Waals surface area contributed by atoms with E-state index < -0.39 is 6.10 Å². The first-order valence-electron chi connectivity index (χ1n) is 6.51. The first kappa shape index (κ1) is 15.3. The number of nitrogens with zero attached hydrogens (tertiary/aromatic N) is 1. The van der Waals surface area contributed by atoms with Gasteiger partial charge in [-0.05, 0) is 46.5 Å². The molecule has 1 aromatic carbocycles. The average Bonchev–Trinajstić information content (AvgIpc) is 2.40. The normalized spacial score (nSPS) is 22.7. The Morgan fingerprint density at radius 1 is 1.60 bits per heavy atom. The largest absolute Gasteiger partial charge is 0.483 e. The molecule has 1 aromatic rings. The van der Waals surface area contributed by atoms with Crippen molar-refractivity contribution in [3.05, 3.63) is 28.5 Å². The molecule has 1 amide bonds. The number of aliphatic hydroxyl groups excluding tert-OH is 1. The maximum absolute atomic E-state index is 12.9. The lowest BCUT2D eigenvalue weighted by Crippen LogP contribution is -2.47. The van der Waals surface area contributed by atoms with E-state index in [1.54, 1.807) is 4.90 Å². The van der Waals surface area contributed by atoms with E-state index >= 15 is 0 Å². The van der Waals surface area contributed by atoms with E-state index in [1.165, 1.54) is 18.2 Å². The van der Waals surface area contributed by atoms with Crippen molar-refractivity contribution in [2.45, 2.75) is 19.4 Å². The van der Waals surface area contributed by atoms with Crippen LogP contribution in [0.2, 0.25) is 0 Å². The van der Waals surface area contributed by atoms with E-state index in [0.717, 1.165) is 6.42 Å². The van der Waals surface area contributed by atoms with Gasteiger partial charge in [0.1, 0.15) is 11.6 Å². The van der Waals surface area contributed by atoms with Crippen LogP contribution in [0.4, 0.5) is 4.39 Å². The lowest BCUT2D eigenvalue weighted by Gasteiger charge is -2.34. The van der Waals surface area contributed by atoms with Crippen molar-refractivity contribution in [3.63, 3.8) is 0 Å². The van der Waals surface area contributed by atoms with E-state index in [0.29, 0.717) is 23.3 Å². The van der Waals surface area contributed by atoms with Gasteiger partial charge >= 0.3 is 0 Å². The van der Waals surface area contributed by atoms with Gasteiger partial charge in [-0.25, -0.2) is 4.39 Å². The van der Waals surface area contributed by atoms with Crippen LogP contribution in [0.15, 0.2) is 22.7 Å². The van der Waals surface area contributed by atoms with Crippen molar-refractivity contribution in [3.8, 4) is 5.75 Å². The summed E-state index contributed by atoms with van der Waals surface area (Å²) in [5, 5.41) is 9.77. The standard InChI is InChI=1S/C14H17BrFNO3/c1-9-4-5-17(7-12(9)18)14(19)8-20-13-3-2-10(16)6-11(13)15/h2-3,6,9,12,18H,4-5,7-8H2,1H3. The number of ether oxygens (including phenoxy) is 1. The molecule has 20 heavy (non-hydrogen) atoms. The highest BCUT2D eigenvalue weighted by Crippen LogP contribution is 2.25. The Balaban J connectivity index is 1.89. The van der Waals surface area contributed by atoms with Crippen LogP contribution < -0.4 is 4.74 Å².